The minimum atomic E-state index is -1.33. The molecule has 1 aliphatic heterocycles. The Bertz CT molecular complexity index is 2070. The summed E-state index contributed by atoms with van der Waals surface area (Å²) in [6.07, 6.45) is -3.84. The van der Waals surface area contributed by atoms with Crippen LogP contribution in [0.25, 0.3) is 0 Å². The molecule has 0 radical (unpaired) electrons. The van der Waals surface area contributed by atoms with Crippen LogP contribution in [0.3, 0.4) is 0 Å². The first-order valence-electron chi connectivity index (χ1n) is 28.1. The number of ether oxygens (including phenoxy) is 7. The molecule has 6 amide bonds. The van der Waals surface area contributed by atoms with E-state index in [1.807, 2.05) is 97.8 Å². The Morgan fingerprint density at radius 2 is 1.45 bits per heavy atom. The van der Waals surface area contributed by atoms with Gasteiger partial charge in [-0.05, 0) is 70.5 Å². The summed E-state index contributed by atoms with van der Waals surface area (Å²) in [6, 6.07) is 5.70. The number of hydrogen-bond acceptors (Lipinski definition) is 17. The highest BCUT2D eigenvalue weighted by Gasteiger charge is 2.44. The number of benzene rings is 1. The summed E-state index contributed by atoms with van der Waals surface area (Å²) in [5, 5.41) is 20.4. The number of alkyl carbamates (subject to hydrolysis) is 1. The van der Waals surface area contributed by atoms with E-state index in [0.717, 1.165) is 5.56 Å². The van der Waals surface area contributed by atoms with Crippen molar-refractivity contribution < 1.29 is 76.6 Å². The number of hydrogen-bond donors (Lipinski definition) is 5. The Labute approximate surface area is 474 Å². The van der Waals surface area contributed by atoms with Crippen LogP contribution < -0.4 is 21.3 Å². The van der Waals surface area contributed by atoms with Crippen molar-refractivity contribution in [2.45, 2.75) is 181 Å². The highest BCUT2D eigenvalue weighted by Crippen LogP contribution is 2.30. The quantitative estimate of drug-likeness (QED) is 0.0367. The van der Waals surface area contributed by atoms with E-state index < -0.39 is 103 Å². The van der Waals surface area contributed by atoms with Gasteiger partial charge < -0.3 is 69.3 Å². The summed E-state index contributed by atoms with van der Waals surface area (Å²) in [4.78, 5) is 113. The summed E-state index contributed by atoms with van der Waals surface area (Å²) in [7, 11) is 9.72. The zero-order valence-corrected chi connectivity index (χ0v) is 50.4. The number of nitrogens with zero attached hydrogens (tertiary/aromatic N) is 3. The van der Waals surface area contributed by atoms with Gasteiger partial charge in [0.15, 0.2) is 12.4 Å². The molecule has 5 N–H and O–H groups in total. The zero-order chi connectivity index (χ0) is 60.4. The number of amides is 6. The molecule has 1 aromatic rings. The second-order valence-electron chi connectivity index (χ2n) is 21.6. The van der Waals surface area contributed by atoms with Crippen LogP contribution in [0, 0.1) is 23.7 Å². The van der Waals surface area contributed by atoms with E-state index in [4.69, 9.17) is 33.2 Å². The van der Waals surface area contributed by atoms with Gasteiger partial charge in [-0.3, -0.25) is 33.7 Å². The van der Waals surface area contributed by atoms with Crippen molar-refractivity contribution in [3.05, 3.63) is 35.9 Å². The average Bonchev–Trinajstić information content (AvgIpc) is 3.91. The van der Waals surface area contributed by atoms with Crippen molar-refractivity contribution in [2.24, 2.45) is 23.7 Å². The number of likely N-dealkylation sites (N-methyl/N-ethyl adjacent to an activating group) is 2. The first-order valence-corrected chi connectivity index (χ1v) is 28.1. The number of carbonyl (C=O) groups excluding carboxylic acids is 8. The van der Waals surface area contributed by atoms with Crippen molar-refractivity contribution in [3.63, 3.8) is 0 Å². The largest absolute Gasteiger partial charge is 0.458 e. The maximum atomic E-state index is 14.5. The molecule has 0 bridgehead atoms. The maximum absolute atomic E-state index is 14.5. The molecule has 1 heterocycles. The molecule has 1 fully saturated rings. The molecule has 0 aliphatic carbocycles. The Morgan fingerprint density at radius 1 is 0.787 bits per heavy atom. The number of aliphatic hydroxyl groups excluding tert-OH is 1. The molecule has 80 heavy (non-hydrogen) atoms. The molecule has 2 rings (SSSR count). The van der Waals surface area contributed by atoms with E-state index in [2.05, 4.69) is 21.3 Å². The fraction of sp³-hybridized carbons (Fsp3) is 0.754. The number of esters is 2. The standard InChI is InChI=1S/C57H97N7O16/c1-17-36(7)50(63(13)55(71)48(34(3)4)61-54(70)49(35(5)6)62(11)12)44(74-14)30-45(66)64-28-22-25-43(64)51(76-16)38(9)52(68)60-42(29-40-23-20-19-21-24-40)53(69)59-31-37(8)78-56(72)39(10)79-46(67)26-27-58-57(73)77-33-47(75-15)80-41(18-2)32-65/h19-21,23-24,34-39,41-44,47-51,65H,17-18,22,25-33H2,1-16H3,(H,58,73)(H,59,69)(H,60,68)(H,61,70)/t36-,37+,38+,39-,41?,42-,43-,44+,47?,48-,49-,50-,51+/m0/s1. The van der Waals surface area contributed by atoms with Crippen molar-refractivity contribution >= 4 is 47.6 Å². The summed E-state index contributed by atoms with van der Waals surface area (Å²) in [6.45, 7) is 17.6. The lowest BCUT2D eigenvalue weighted by molar-refractivity contribution is -0.181. The molecule has 0 aromatic heterocycles. The lowest BCUT2D eigenvalue weighted by Gasteiger charge is -2.41. The van der Waals surface area contributed by atoms with Crippen molar-refractivity contribution in [1.82, 2.24) is 36.0 Å². The van der Waals surface area contributed by atoms with Crippen LogP contribution in [0.15, 0.2) is 30.3 Å². The van der Waals surface area contributed by atoms with Gasteiger partial charge in [0.05, 0.1) is 68.3 Å². The van der Waals surface area contributed by atoms with E-state index in [0.29, 0.717) is 32.2 Å². The predicted octanol–water partition coefficient (Wildman–Crippen LogP) is 3.22. The van der Waals surface area contributed by atoms with Crippen LogP contribution in [0.4, 0.5) is 4.79 Å². The minimum Gasteiger partial charge on any atom is -0.458 e. The van der Waals surface area contributed by atoms with Crippen LogP contribution in [0.5, 0.6) is 0 Å². The summed E-state index contributed by atoms with van der Waals surface area (Å²) >= 11 is 0. The lowest BCUT2D eigenvalue weighted by Crippen LogP contribution is -2.59. The smallest absolute Gasteiger partial charge is 0.407 e. The summed E-state index contributed by atoms with van der Waals surface area (Å²) in [5.41, 5.74) is 0.761. The van der Waals surface area contributed by atoms with Crippen molar-refractivity contribution in [2.75, 3.05) is 75.3 Å². The fourth-order valence-corrected chi connectivity index (χ4v) is 9.89. The third-order valence-electron chi connectivity index (χ3n) is 14.6. The molecular formula is C57H97N7O16. The van der Waals surface area contributed by atoms with E-state index in [-0.39, 0.29) is 81.0 Å². The van der Waals surface area contributed by atoms with Gasteiger partial charge in [0, 0.05) is 47.9 Å². The second-order valence-corrected chi connectivity index (χ2v) is 21.6. The monoisotopic (exact) mass is 1140 g/mol. The topological polar surface area (TPSA) is 279 Å². The number of aliphatic hydroxyl groups is 1. The van der Waals surface area contributed by atoms with E-state index in [1.165, 1.54) is 35.2 Å². The maximum Gasteiger partial charge on any atom is 0.407 e. The molecule has 1 aromatic carbocycles. The summed E-state index contributed by atoms with van der Waals surface area (Å²) in [5.74, 6) is -4.68. The Hall–Kier alpha value is -5.46. The Morgan fingerprint density at radius 3 is 2.00 bits per heavy atom. The Kier molecular flexibility index (Phi) is 31.9. The fourth-order valence-electron chi connectivity index (χ4n) is 9.89. The van der Waals surface area contributed by atoms with Crippen molar-refractivity contribution in [3.8, 4) is 0 Å². The molecule has 456 valence electrons. The number of carbonyl (C=O) groups is 8. The molecular weight excluding hydrogens is 1040 g/mol. The van der Waals surface area contributed by atoms with Crippen LogP contribution in [0.2, 0.25) is 0 Å². The highest BCUT2D eigenvalue weighted by atomic mass is 16.7. The van der Waals surface area contributed by atoms with Gasteiger partial charge in [-0.15, -0.1) is 0 Å². The van der Waals surface area contributed by atoms with Crippen LogP contribution in [-0.4, -0.2) is 210 Å². The SMILES string of the molecule is CCC(CO)OC(COC(=O)NCCC(=O)O[C@@H](C)C(=O)O[C@H](C)CNC(=O)[C@H](Cc1ccccc1)NC(=O)[C@H](C)[C@@H](OC)[C@@H]1CCCN1C(=O)C[C@@H](OC)[C@H]([C@@H](C)CC)N(C)C(=O)[C@@H](NC(=O)[C@H](C(C)C)N(C)C)C(C)C)OC. The van der Waals surface area contributed by atoms with Crippen molar-refractivity contribution in [1.29, 1.82) is 0 Å². The molecule has 2 unspecified atom stereocenters. The second kappa shape index (κ2) is 36.1. The van der Waals surface area contributed by atoms with Gasteiger partial charge in [-0.25, -0.2) is 9.59 Å². The molecule has 1 aliphatic rings. The van der Waals surface area contributed by atoms with Gasteiger partial charge in [0.25, 0.3) is 0 Å². The zero-order valence-electron chi connectivity index (χ0n) is 50.4. The van der Waals surface area contributed by atoms with Gasteiger partial charge in [0.1, 0.15) is 24.8 Å². The first-order chi connectivity index (χ1) is 37.8. The first kappa shape index (κ1) is 70.6. The molecule has 23 heteroatoms. The number of methoxy groups -OCH3 is 3. The minimum absolute atomic E-state index is 0.00100. The lowest BCUT2D eigenvalue weighted by atomic mass is 9.89. The summed E-state index contributed by atoms with van der Waals surface area (Å²) < 4.78 is 38.4. The highest BCUT2D eigenvalue weighted by molar-refractivity contribution is 5.91. The number of rotatable bonds is 36. The average molecular weight is 1140 g/mol. The molecule has 0 saturated carbocycles. The molecule has 13 atom stereocenters. The van der Waals surface area contributed by atoms with Gasteiger partial charge in [-0.2, -0.15) is 0 Å². The number of likely N-dealkylation sites (tertiary alicyclic amines) is 1. The third kappa shape index (κ3) is 22.5. The van der Waals surface area contributed by atoms with Crippen LogP contribution in [0.1, 0.15) is 113 Å². The van der Waals surface area contributed by atoms with E-state index in [1.54, 1.807) is 23.8 Å². The third-order valence-corrected chi connectivity index (χ3v) is 14.6. The normalized spacial score (nSPS) is 18.1. The van der Waals surface area contributed by atoms with Crippen LogP contribution in [-0.2, 0) is 73.1 Å². The molecule has 23 nitrogen and oxygen atoms in total. The molecule has 1 saturated heterocycles. The van der Waals surface area contributed by atoms with E-state index in [9.17, 15) is 43.5 Å². The van der Waals surface area contributed by atoms with Gasteiger partial charge in [0.2, 0.25) is 29.5 Å². The van der Waals surface area contributed by atoms with Gasteiger partial charge in [-0.1, -0.05) is 92.1 Å². The van der Waals surface area contributed by atoms with E-state index >= 15 is 0 Å². The molecule has 0 spiro atoms. The van der Waals surface area contributed by atoms with Gasteiger partial charge >= 0.3 is 18.0 Å². The predicted molar refractivity (Wildman–Crippen MR) is 298 cm³/mol. The Balaban J connectivity index is 2.13. The van der Waals surface area contributed by atoms with Crippen LogP contribution >= 0.6 is 0 Å². The number of nitrogens with one attached hydrogen (secondary N) is 4.